The van der Waals surface area contributed by atoms with Crippen LogP contribution in [0.25, 0.3) is 0 Å². The SMILES string of the molecule is CCCCCCCCCCCCCCCC=CC1NC=CCN1. The van der Waals surface area contributed by atoms with Gasteiger partial charge in [0.25, 0.3) is 0 Å². The number of unbranched alkanes of at least 4 members (excludes halogenated alkanes) is 13. The molecule has 0 aromatic rings. The van der Waals surface area contributed by atoms with Crippen molar-refractivity contribution in [2.75, 3.05) is 6.54 Å². The van der Waals surface area contributed by atoms with Crippen molar-refractivity contribution in [3.63, 3.8) is 0 Å². The van der Waals surface area contributed by atoms with Gasteiger partial charge in [-0.15, -0.1) is 0 Å². The van der Waals surface area contributed by atoms with Crippen molar-refractivity contribution in [3.05, 3.63) is 24.4 Å². The van der Waals surface area contributed by atoms with Gasteiger partial charge in [0.1, 0.15) is 0 Å². The molecule has 1 aliphatic rings. The molecule has 0 aromatic carbocycles. The minimum atomic E-state index is 0.335. The molecule has 1 atom stereocenters. The van der Waals surface area contributed by atoms with Gasteiger partial charge in [-0.3, -0.25) is 5.32 Å². The van der Waals surface area contributed by atoms with Gasteiger partial charge in [-0.2, -0.15) is 0 Å². The Morgan fingerprint density at radius 1 is 0.826 bits per heavy atom. The van der Waals surface area contributed by atoms with Crippen LogP contribution in [0.3, 0.4) is 0 Å². The van der Waals surface area contributed by atoms with E-state index in [1.165, 1.54) is 89.9 Å². The lowest BCUT2D eigenvalue weighted by atomic mass is 10.0. The predicted octanol–water partition coefficient (Wildman–Crippen LogP) is 6.06. The molecule has 23 heavy (non-hydrogen) atoms. The first-order valence-electron chi connectivity index (χ1n) is 10.2. The number of rotatable bonds is 15. The van der Waals surface area contributed by atoms with Gasteiger partial charge in [0, 0.05) is 6.54 Å². The first kappa shape index (κ1) is 20.3. The lowest BCUT2D eigenvalue weighted by molar-refractivity contribution is 0.539. The van der Waals surface area contributed by atoms with Crippen molar-refractivity contribution < 1.29 is 0 Å². The molecule has 1 aliphatic heterocycles. The Labute approximate surface area is 145 Å². The minimum Gasteiger partial charge on any atom is -0.373 e. The third kappa shape index (κ3) is 13.4. The summed E-state index contributed by atoms with van der Waals surface area (Å²) in [5, 5.41) is 6.67. The summed E-state index contributed by atoms with van der Waals surface area (Å²) >= 11 is 0. The maximum atomic E-state index is 3.38. The standard InChI is InChI=1S/C21H40N2/c1-2-3-4-5-6-7-8-9-10-11-12-13-14-15-16-18-21-22-19-17-20-23-21/h16-19,21-23H,2-15,20H2,1H3. The van der Waals surface area contributed by atoms with Crippen LogP contribution in [-0.4, -0.2) is 12.7 Å². The molecular formula is C21H40N2. The average Bonchev–Trinajstić information content (AvgIpc) is 2.59. The third-order valence-electron chi connectivity index (χ3n) is 4.65. The summed E-state index contributed by atoms with van der Waals surface area (Å²) in [6, 6.07) is 0. The Balaban J connectivity index is 1.73. The number of hydrogen-bond donors (Lipinski definition) is 2. The van der Waals surface area contributed by atoms with E-state index in [0.717, 1.165) is 6.54 Å². The molecule has 1 rings (SSSR count). The van der Waals surface area contributed by atoms with Crippen LogP contribution in [0.1, 0.15) is 96.8 Å². The molecule has 0 aromatic heterocycles. The molecule has 2 heteroatoms. The smallest absolute Gasteiger partial charge is 0.0958 e. The van der Waals surface area contributed by atoms with Crippen molar-refractivity contribution in [1.29, 1.82) is 0 Å². The zero-order chi connectivity index (χ0) is 16.4. The summed E-state index contributed by atoms with van der Waals surface area (Å²) in [7, 11) is 0. The van der Waals surface area contributed by atoms with Gasteiger partial charge in [0.05, 0.1) is 6.17 Å². The Kier molecular flexibility index (Phi) is 14.2. The first-order chi connectivity index (χ1) is 11.4. The van der Waals surface area contributed by atoms with Gasteiger partial charge in [0.2, 0.25) is 0 Å². The van der Waals surface area contributed by atoms with E-state index in [9.17, 15) is 0 Å². The summed E-state index contributed by atoms with van der Waals surface area (Å²) in [5.41, 5.74) is 0. The van der Waals surface area contributed by atoms with Gasteiger partial charge in [-0.1, -0.05) is 102 Å². The van der Waals surface area contributed by atoms with Crippen LogP contribution < -0.4 is 10.6 Å². The fourth-order valence-electron chi connectivity index (χ4n) is 3.12. The molecule has 0 amide bonds. The van der Waals surface area contributed by atoms with Crippen LogP contribution >= 0.6 is 0 Å². The van der Waals surface area contributed by atoms with Crippen molar-refractivity contribution in [2.45, 2.75) is 103 Å². The predicted molar refractivity (Wildman–Crippen MR) is 104 cm³/mol. The fourth-order valence-corrected chi connectivity index (χ4v) is 3.12. The van der Waals surface area contributed by atoms with Crippen LogP contribution in [-0.2, 0) is 0 Å². The molecular weight excluding hydrogens is 280 g/mol. The number of nitrogens with one attached hydrogen (secondary N) is 2. The molecule has 0 spiro atoms. The molecule has 0 bridgehead atoms. The van der Waals surface area contributed by atoms with Gasteiger partial charge in [-0.05, 0) is 19.0 Å². The van der Waals surface area contributed by atoms with Crippen LogP contribution in [0.5, 0.6) is 0 Å². The highest BCUT2D eigenvalue weighted by Gasteiger charge is 2.01. The average molecular weight is 321 g/mol. The molecule has 0 saturated heterocycles. The first-order valence-corrected chi connectivity index (χ1v) is 10.2. The summed E-state index contributed by atoms with van der Waals surface area (Å²) in [4.78, 5) is 0. The lowest BCUT2D eigenvalue weighted by Crippen LogP contribution is -2.40. The topological polar surface area (TPSA) is 24.1 Å². The minimum absolute atomic E-state index is 0.335. The molecule has 2 nitrogen and oxygen atoms in total. The molecule has 2 N–H and O–H groups in total. The van der Waals surface area contributed by atoms with E-state index in [4.69, 9.17) is 0 Å². The van der Waals surface area contributed by atoms with Crippen LogP contribution in [0, 0.1) is 0 Å². The van der Waals surface area contributed by atoms with Crippen molar-refractivity contribution >= 4 is 0 Å². The fraction of sp³-hybridized carbons (Fsp3) is 0.810. The molecule has 0 aliphatic carbocycles. The van der Waals surface area contributed by atoms with E-state index in [2.05, 4.69) is 35.8 Å². The Morgan fingerprint density at radius 3 is 1.91 bits per heavy atom. The summed E-state index contributed by atoms with van der Waals surface area (Å²) in [6.07, 6.45) is 28.9. The van der Waals surface area contributed by atoms with E-state index in [1.54, 1.807) is 0 Å². The zero-order valence-electron chi connectivity index (χ0n) is 15.5. The molecule has 0 saturated carbocycles. The zero-order valence-corrected chi connectivity index (χ0v) is 15.5. The third-order valence-corrected chi connectivity index (χ3v) is 4.65. The summed E-state index contributed by atoms with van der Waals surface area (Å²) in [6.45, 7) is 3.26. The Morgan fingerprint density at radius 2 is 1.39 bits per heavy atom. The van der Waals surface area contributed by atoms with Gasteiger partial charge in [0.15, 0.2) is 0 Å². The highest BCUT2D eigenvalue weighted by atomic mass is 15.1. The monoisotopic (exact) mass is 320 g/mol. The molecule has 1 heterocycles. The molecule has 0 radical (unpaired) electrons. The molecule has 0 fully saturated rings. The van der Waals surface area contributed by atoms with Crippen LogP contribution in [0.4, 0.5) is 0 Å². The molecule has 1 unspecified atom stereocenters. The number of allylic oxidation sites excluding steroid dienone is 1. The van der Waals surface area contributed by atoms with Gasteiger partial charge in [-0.25, -0.2) is 0 Å². The maximum Gasteiger partial charge on any atom is 0.0958 e. The summed E-state index contributed by atoms with van der Waals surface area (Å²) < 4.78 is 0. The second kappa shape index (κ2) is 16.1. The van der Waals surface area contributed by atoms with Crippen LogP contribution in [0.15, 0.2) is 24.4 Å². The van der Waals surface area contributed by atoms with E-state index in [0.29, 0.717) is 6.17 Å². The van der Waals surface area contributed by atoms with Crippen LogP contribution in [0.2, 0.25) is 0 Å². The Hall–Kier alpha value is -0.760. The quantitative estimate of drug-likeness (QED) is 0.283. The second-order valence-electron chi connectivity index (χ2n) is 6.91. The normalized spacial score (nSPS) is 17.7. The van der Waals surface area contributed by atoms with Gasteiger partial charge < -0.3 is 5.32 Å². The Bertz CT molecular complexity index is 296. The van der Waals surface area contributed by atoms with E-state index >= 15 is 0 Å². The van der Waals surface area contributed by atoms with E-state index in [1.807, 2.05) is 6.20 Å². The van der Waals surface area contributed by atoms with E-state index in [-0.39, 0.29) is 0 Å². The van der Waals surface area contributed by atoms with Crippen molar-refractivity contribution in [2.24, 2.45) is 0 Å². The van der Waals surface area contributed by atoms with Crippen molar-refractivity contribution in [1.82, 2.24) is 10.6 Å². The van der Waals surface area contributed by atoms with Gasteiger partial charge >= 0.3 is 0 Å². The highest BCUT2D eigenvalue weighted by molar-refractivity contribution is 5.00. The lowest BCUT2D eigenvalue weighted by Gasteiger charge is -2.17. The highest BCUT2D eigenvalue weighted by Crippen LogP contribution is 2.13. The summed E-state index contributed by atoms with van der Waals surface area (Å²) in [5.74, 6) is 0. The number of hydrogen-bond acceptors (Lipinski definition) is 2. The van der Waals surface area contributed by atoms with E-state index < -0.39 is 0 Å². The maximum absolute atomic E-state index is 3.38. The second-order valence-corrected chi connectivity index (χ2v) is 6.91. The largest absolute Gasteiger partial charge is 0.373 e. The molecule has 134 valence electrons. The van der Waals surface area contributed by atoms with Crippen molar-refractivity contribution in [3.8, 4) is 0 Å².